The lowest BCUT2D eigenvalue weighted by Gasteiger charge is -2.20. The molecule has 23 heavy (non-hydrogen) atoms. The zero-order valence-corrected chi connectivity index (χ0v) is 13.1. The van der Waals surface area contributed by atoms with Crippen LogP contribution in [-0.4, -0.2) is 37.1 Å². The van der Waals surface area contributed by atoms with E-state index in [1.54, 1.807) is 17.0 Å². The van der Waals surface area contributed by atoms with E-state index in [0.717, 1.165) is 11.3 Å². The molecule has 0 saturated carbocycles. The van der Waals surface area contributed by atoms with Gasteiger partial charge in [0.25, 0.3) is 5.91 Å². The minimum absolute atomic E-state index is 0.0601. The van der Waals surface area contributed by atoms with Gasteiger partial charge in [-0.25, -0.2) is 4.79 Å². The largest absolute Gasteiger partial charge is 0.434 e. The summed E-state index contributed by atoms with van der Waals surface area (Å²) in [6, 6.07) is 5.40. The molecule has 122 valence electrons. The summed E-state index contributed by atoms with van der Waals surface area (Å²) in [4.78, 5) is 38.4. The van der Waals surface area contributed by atoms with Gasteiger partial charge >= 0.3 is 6.09 Å². The maximum absolute atomic E-state index is 12.2. The lowest BCUT2D eigenvalue weighted by Crippen LogP contribution is -2.32. The molecule has 7 heteroatoms. The van der Waals surface area contributed by atoms with Gasteiger partial charge in [-0.05, 0) is 29.7 Å². The quantitative estimate of drug-likeness (QED) is 0.898. The number of hydrogen-bond acceptors (Lipinski definition) is 4. The normalized spacial score (nSPS) is 20.2. The molecule has 3 rings (SSSR count). The van der Waals surface area contributed by atoms with Crippen LogP contribution in [0.4, 0.5) is 16.2 Å². The summed E-state index contributed by atoms with van der Waals surface area (Å²) in [6.07, 6.45) is -1.22. The molecule has 1 aromatic rings. The zero-order valence-electron chi connectivity index (χ0n) is 13.1. The molecule has 3 amide bonds. The van der Waals surface area contributed by atoms with Gasteiger partial charge in [-0.15, -0.1) is 0 Å². The van der Waals surface area contributed by atoms with E-state index in [4.69, 9.17) is 10.5 Å². The highest BCUT2D eigenvalue weighted by molar-refractivity contribution is 6.02. The van der Waals surface area contributed by atoms with Crippen molar-refractivity contribution in [1.82, 2.24) is 0 Å². The SMILES string of the molecule is CC(C)CN1C(=O)Cc2cc(N3CC(C(N)=O)OC3=O)ccc21. The molecule has 2 heterocycles. The first-order valence-corrected chi connectivity index (χ1v) is 7.57. The molecule has 2 N–H and O–H groups in total. The fourth-order valence-electron chi connectivity index (χ4n) is 2.92. The van der Waals surface area contributed by atoms with E-state index in [1.165, 1.54) is 4.90 Å². The zero-order chi connectivity index (χ0) is 16.7. The summed E-state index contributed by atoms with van der Waals surface area (Å²) in [5.74, 6) is -0.236. The molecule has 1 aromatic carbocycles. The van der Waals surface area contributed by atoms with Gasteiger partial charge in [-0.3, -0.25) is 14.5 Å². The van der Waals surface area contributed by atoms with Crippen LogP contribution in [0.25, 0.3) is 0 Å². The molecule has 2 aliphatic heterocycles. The molecular formula is C16H19N3O4. The van der Waals surface area contributed by atoms with E-state index in [0.29, 0.717) is 24.6 Å². The Morgan fingerprint density at radius 1 is 1.39 bits per heavy atom. The van der Waals surface area contributed by atoms with Crippen LogP contribution in [0.15, 0.2) is 18.2 Å². The van der Waals surface area contributed by atoms with Crippen LogP contribution in [0.2, 0.25) is 0 Å². The number of carbonyl (C=O) groups is 3. The van der Waals surface area contributed by atoms with Crippen LogP contribution in [0.3, 0.4) is 0 Å². The molecule has 1 saturated heterocycles. The number of benzene rings is 1. The molecule has 0 radical (unpaired) electrons. The average molecular weight is 317 g/mol. The summed E-state index contributed by atoms with van der Waals surface area (Å²) in [6.45, 7) is 4.88. The first-order chi connectivity index (χ1) is 10.9. The fraction of sp³-hybridized carbons (Fsp3) is 0.438. The topological polar surface area (TPSA) is 92.9 Å². The number of nitrogens with two attached hydrogens (primary N) is 1. The van der Waals surface area contributed by atoms with Gasteiger partial charge < -0.3 is 15.4 Å². The molecule has 1 unspecified atom stereocenters. The maximum Gasteiger partial charge on any atom is 0.415 e. The number of nitrogens with zero attached hydrogens (tertiary/aromatic N) is 2. The van der Waals surface area contributed by atoms with Gasteiger partial charge in [-0.1, -0.05) is 13.8 Å². The minimum Gasteiger partial charge on any atom is -0.434 e. The van der Waals surface area contributed by atoms with Gasteiger partial charge in [0, 0.05) is 17.9 Å². The molecule has 0 aromatic heterocycles. The molecule has 7 nitrogen and oxygen atoms in total. The number of amides is 3. The lowest BCUT2D eigenvalue weighted by molar-refractivity contribution is -0.124. The second kappa shape index (κ2) is 5.57. The molecule has 0 spiro atoms. The smallest absolute Gasteiger partial charge is 0.415 e. The first-order valence-electron chi connectivity index (χ1n) is 7.57. The Hall–Kier alpha value is -2.57. The van der Waals surface area contributed by atoms with Crippen molar-refractivity contribution in [3.8, 4) is 0 Å². The molecule has 0 bridgehead atoms. The fourth-order valence-corrected chi connectivity index (χ4v) is 2.92. The number of cyclic esters (lactones) is 1. The number of primary amides is 1. The Morgan fingerprint density at radius 3 is 2.74 bits per heavy atom. The van der Waals surface area contributed by atoms with E-state index in [1.807, 2.05) is 6.07 Å². The third kappa shape index (κ3) is 2.74. The van der Waals surface area contributed by atoms with E-state index in [2.05, 4.69) is 13.8 Å². The van der Waals surface area contributed by atoms with Crippen LogP contribution in [0, 0.1) is 5.92 Å². The van der Waals surface area contributed by atoms with Crippen molar-refractivity contribution >= 4 is 29.3 Å². The standard InChI is InChI=1S/C16H19N3O4/c1-9(2)7-19-12-4-3-11(5-10(12)6-14(19)20)18-8-13(15(17)21)23-16(18)22/h3-5,9,13H,6-8H2,1-2H3,(H2,17,21). The summed E-state index contributed by atoms with van der Waals surface area (Å²) in [5, 5.41) is 0. The number of anilines is 2. The van der Waals surface area contributed by atoms with Crippen LogP contribution in [-0.2, 0) is 20.7 Å². The van der Waals surface area contributed by atoms with Crippen molar-refractivity contribution in [1.29, 1.82) is 0 Å². The van der Waals surface area contributed by atoms with Crippen molar-refractivity contribution in [2.45, 2.75) is 26.4 Å². The molecule has 0 aliphatic carbocycles. The Balaban J connectivity index is 1.86. The van der Waals surface area contributed by atoms with Crippen molar-refractivity contribution in [2.24, 2.45) is 11.7 Å². The highest BCUT2D eigenvalue weighted by Crippen LogP contribution is 2.34. The van der Waals surface area contributed by atoms with Gasteiger partial charge in [-0.2, -0.15) is 0 Å². The Bertz CT molecular complexity index is 686. The van der Waals surface area contributed by atoms with Crippen molar-refractivity contribution in [3.63, 3.8) is 0 Å². The van der Waals surface area contributed by atoms with Crippen molar-refractivity contribution in [3.05, 3.63) is 23.8 Å². The number of rotatable bonds is 4. The summed E-state index contributed by atoms with van der Waals surface area (Å²) < 4.78 is 4.94. The summed E-state index contributed by atoms with van der Waals surface area (Å²) in [5.41, 5.74) is 7.55. The highest BCUT2D eigenvalue weighted by Gasteiger charge is 2.37. The average Bonchev–Trinajstić information content (AvgIpc) is 2.99. The number of carbonyl (C=O) groups excluding carboxylic acids is 3. The van der Waals surface area contributed by atoms with E-state index >= 15 is 0 Å². The summed E-state index contributed by atoms with van der Waals surface area (Å²) >= 11 is 0. The predicted octanol–water partition coefficient (Wildman–Crippen LogP) is 1.04. The van der Waals surface area contributed by atoms with Crippen LogP contribution < -0.4 is 15.5 Å². The molecule has 2 aliphatic rings. The Kier molecular flexibility index (Phi) is 3.71. The third-order valence-corrected chi connectivity index (χ3v) is 3.99. The molecule has 1 fully saturated rings. The monoisotopic (exact) mass is 317 g/mol. The van der Waals surface area contributed by atoms with Gasteiger partial charge in [0.05, 0.1) is 13.0 Å². The third-order valence-electron chi connectivity index (χ3n) is 3.99. The van der Waals surface area contributed by atoms with Crippen molar-refractivity contribution in [2.75, 3.05) is 22.9 Å². The van der Waals surface area contributed by atoms with Gasteiger partial charge in [0.1, 0.15) is 0 Å². The molecule has 1 atom stereocenters. The number of hydrogen-bond donors (Lipinski definition) is 1. The predicted molar refractivity (Wildman–Crippen MR) is 84.1 cm³/mol. The minimum atomic E-state index is -0.935. The van der Waals surface area contributed by atoms with Gasteiger partial charge in [0.2, 0.25) is 5.91 Å². The van der Waals surface area contributed by atoms with Crippen LogP contribution in [0.1, 0.15) is 19.4 Å². The summed E-state index contributed by atoms with van der Waals surface area (Å²) in [7, 11) is 0. The van der Waals surface area contributed by atoms with E-state index < -0.39 is 18.1 Å². The van der Waals surface area contributed by atoms with Crippen LogP contribution in [0.5, 0.6) is 0 Å². The first kappa shape index (κ1) is 15.3. The maximum atomic E-state index is 12.2. The number of ether oxygens (including phenoxy) is 1. The lowest BCUT2D eigenvalue weighted by atomic mass is 10.1. The van der Waals surface area contributed by atoms with Gasteiger partial charge in [0.15, 0.2) is 6.10 Å². The Morgan fingerprint density at radius 2 is 2.13 bits per heavy atom. The van der Waals surface area contributed by atoms with Crippen LogP contribution >= 0.6 is 0 Å². The highest BCUT2D eigenvalue weighted by atomic mass is 16.6. The van der Waals surface area contributed by atoms with Crippen molar-refractivity contribution < 1.29 is 19.1 Å². The Labute approximate surface area is 134 Å². The van der Waals surface area contributed by atoms with E-state index in [9.17, 15) is 14.4 Å². The second-order valence-electron chi connectivity index (χ2n) is 6.27. The number of fused-ring (bicyclic) bond motifs is 1. The molecular weight excluding hydrogens is 298 g/mol. The second-order valence-corrected chi connectivity index (χ2v) is 6.27. The van der Waals surface area contributed by atoms with E-state index in [-0.39, 0.29) is 12.5 Å².